The van der Waals surface area contributed by atoms with Gasteiger partial charge >= 0.3 is 0 Å². The Bertz CT molecular complexity index is 566. The fourth-order valence-electron chi connectivity index (χ4n) is 2.09. The van der Waals surface area contributed by atoms with Crippen LogP contribution in [0.2, 0.25) is 0 Å². The molecule has 1 aliphatic heterocycles. The molecule has 0 aliphatic carbocycles. The highest BCUT2D eigenvalue weighted by molar-refractivity contribution is 7.89. The van der Waals surface area contributed by atoms with Gasteiger partial charge in [-0.2, -0.15) is 4.31 Å². The van der Waals surface area contributed by atoms with E-state index < -0.39 is 10.0 Å². The van der Waals surface area contributed by atoms with Gasteiger partial charge in [-0.15, -0.1) is 0 Å². The van der Waals surface area contributed by atoms with Crippen LogP contribution in [0.1, 0.15) is 13.3 Å². The molecule has 1 saturated heterocycles. The van der Waals surface area contributed by atoms with Gasteiger partial charge in [0.1, 0.15) is 0 Å². The zero-order valence-electron chi connectivity index (χ0n) is 11.1. The predicted molar refractivity (Wildman–Crippen MR) is 68.8 cm³/mol. The van der Waals surface area contributed by atoms with Crippen molar-refractivity contribution in [2.24, 2.45) is 7.05 Å². The summed E-state index contributed by atoms with van der Waals surface area (Å²) in [7, 11) is -1.97. The number of hydrogen-bond donors (Lipinski definition) is 0. The summed E-state index contributed by atoms with van der Waals surface area (Å²) in [6.07, 6.45) is 3.53. The Kier molecular flexibility index (Phi) is 3.91. The van der Waals surface area contributed by atoms with Crippen molar-refractivity contribution in [3.8, 4) is 0 Å². The van der Waals surface area contributed by atoms with Crippen molar-refractivity contribution < 1.29 is 13.2 Å². The number of carbonyl (C=O) groups is 1. The van der Waals surface area contributed by atoms with Crippen LogP contribution in [0.4, 0.5) is 0 Å². The molecule has 0 aromatic carbocycles. The van der Waals surface area contributed by atoms with Crippen molar-refractivity contribution in [1.82, 2.24) is 18.8 Å². The fraction of sp³-hybridized carbons (Fsp3) is 0.636. The van der Waals surface area contributed by atoms with Crippen LogP contribution in [0.25, 0.3) is 0 Å². The smallest absolute Gasteiger partial charge is 0.262 e. The third-order valence-electron chi connectivity index (χ3n) is 3.17. The van der Waals surface area contributed by atoms with Gasteiger partial charge in [-0.1, -0.05) is 0 Å². The normalized spacial score (nSPS) is 18.6. The Labute approximate surface area is 112 Å². The Balaban J connectivity index is 2.24. The second-order valence-electron chi connectivity index (χ2n) is 4.54. The topological polar surface area (TPSA) is 75.5 Å². The van der Waals surface area contributed by atoms with Gasteiger partial charge in [-0.25, -0.2) is 13.4 Å². The number of rotatable bonds is 3. The molecule has 1 fully saturated rings. The molecule has 1 amide bonds. The number of carbonyl (C=O) groups excluding carboxylic acids is 1. The average Bonchev–Trinajstić information content (AvgIpc) is 2.70. The number of hydrogen-bond acceptors (Lipinski definition) is 4. The number of aromatic nitrogens is 2. The molecule has 1 aliphatic rings. The Morgan fingerprint density at radius 3 is 2.68 bits per heavy atom. The monoisotopic (exact) mass is 286 g/mol. The summed E-state index contributed by atoms with van der Waals surface area (Å²) in [6, 6.07) is 0. The van der Waals surface area contributed by atoms with Crippen molar-refractivity contribution >= 4 is 15.9 Å². The molecule has 1 aromatic rings. The van der Waals surface area contributed by atoms with Crippen LogP contribution >= 0.6 is 0 Å². The highest BCUT2D eigenvalue weighted by Crippen LogP contribution is 2.16. The summed E-state index contributed by atoms with van der Waals surface area (Å²) in [5.41, 5.74) is 0. The van der Waals surface area contributed by atoms with Crippen LogP contribution in [-0.4, -0.2) is 59.3 Å². The largest absolute Gasteiger partial charge is 0.342 e. The molecular formula is C11H18N4O3S. The summed E-state index contributed by atoms with van der Waals surface area (Å²) in [5, 5.41) is -0.00671. The molecule has 8 heteroatoms. The van der Waals surface area contributed by atoms with Crippen molar-refractivity contribution in [3.63, 3.8) is 0 Å². The summed E-state index contributed by atoms with van der Waals surface area (Å²) in [6.45, 7) is 3.34. The van der Waals surface area contributed by atoms with E-state index in [0.29, 0.717) is 26.1 Å². The van der Waals surface area contributed by atoms with Gasteiger partial charge in [0.05, 0.1) is 12.9 Å². The van der Waals surface area contributed by atoms with Gasteiger partial charge in [-0.05, 0) is 13.3 Å². The SMILES string of the molecule is CCN1CCCN(S(=O)(=O)c2cn(C)cn2)CC1=O. The number of amides is 1. The zero-order valence-corrected chi connectivity index (χ0v) is 11.9. The standard InChI is InChI=1S/C11H18N4O3S/c1-3-14-5-4-6-15(8-11(14)16)19(17,18)10-7-13(2)9-12-10/h7,9H,3-6,8H2,1-2H3. The predicted octanol–water partition coefficient (Wildman–Crippen LogP) is -0.337. The van der Waals surface area contributed by atoms with Gasteiger partial charge in [-0.3, -0.25) is 4.79 Å². The fourth-order valence-corrected chi connectivity index (χ4v) is 3.48. The number of sulfonamides is 1. The van der Waals surface area contributed by atoms with E-state index in [1.54, 1.807) is 16.5 Å². The minimum atomic E-state index is -3.68. The van der Waals surface area contributed by atoms with E-state index in [4.69, 9.17) is 0 Å². The molecule has 0 bridgehead atoms. The molecule has 2 rings (SSSR count). The van der Waals surface area contributed by atoms with E-state index in [0.717, 1.165) is 0 Å². The molecule has 0 spiro atoms. The Morgan fingerprint density at radius 2 is 2.11 bits per heavy atom. The molecule has 2 heterocycles. The van der Waals surface area contributed by atoms with E-state index >= 15 is 0 Å². The van der Waals surface area contributed by atoms with E-state index in [9.17, 15) is 13.2 Å². The average molecular weight is 286 g/mol. The molecule has 0 atom stereocenters. The summed E-state index contributed by atoms with van der Waals surface area (Å²) >= 11 is 0. The molecule has 7 nitrogen and oxygen atoms in total. The summed E-state index contributed by atoms with van der Waals surface area (Å²) < 4.78 is 27.5. The second-order valence-corrected chi connectivity index (χ2v) is 6.43. The number of nitrogens with zero attached hydrogens (tertiary/aromatic N) is 4. The van der Waals surface area contributed by atoms with Crippen molar-refractivity contribution in [3.05, 3.63) is 12.5 Å². The van der Waals surface area contributed by atoms with Gasteiger partial charge in [0, 0.05) is 32.9 Å². The molecule has 19 heavy (non-hydrogen) atoms. The molecule has 1 aromatic heterocycles. The van der Waals surface area contributed by atoms with Crippen LogP contribution in [-0.2, 0) is 21.9 Å². The molecular weight excluding hydrogens is 268 g/mol. The van der Waals surface area contributed by atoms with E-state index in [1.807, 2.05) is 6.92 Å². The maximum absolute atomic E-state index is 12.4. The Hall–Kier alpha value is -1.41. The lowest BCUT2D eigenvalue weighted by Crippen LogP contribution is -2.39. The highest BCUT2D eigenvalue weighted by atomic mass is 32.2. The number of imidazole rings is 1. The third kappa shape index (κ3) is 2.79. The first-order chi connectivity index (χ1) is 8.95. The molecule has 0 unspecified atom stereocenters. The van der Waals surface area contributed by atoms with Crippen molar-refractivity contribution in [2.75, 3.05) is 26.2 Å². The third-order valence-corrected chi connectivity index (χ3v) is 4.90. The minimum absolute atomic E-state index is 0.00671. The van der Waals surface area contributed by atoms with Crippen molar-refractivity contribution in [2.45, 2.75) is 18.4 Å². The first kappa shape index (κ1) is 14.0. The summed E-state index contributed by atoms with van der Waals surface area (Å²) in [5.74, 6) is -0.153. The van der Waals surface area contributed by atoms with Crippen molar-refractivity contribution in [1.29, 1.82) is 0 Å². The lowest BCUT2D eigenvalue weighted by molar-refractivity contribution is -0.130. The minimum Gasteiger partial charge on any atom is -0.342 e. The first-order valence-electron chi connectivity index (χ1n) is 6.21. The number of likely N-dealkylation sites (N-methyl/N-ethyl adjacent to an activating group) is 1. The zero-order chi connectivity index (χ0) is 14.0. The quantitative estimate of drug-likeness (QED) is 0.762. The first-order valence-corrected chi connectivity index (χ1v) is 7.65. The number of aryl methyl sites for hydroxylation is 1. The summed E-state index contributed by atoms with van der Waals surface area (Å²) in [4.78, 5) is 17.5. The van der Waals surface area contributed by atoms with Crippen LogP contribution in [0.15, 0.2) is 17.6 Å². The van der Waals surface area contributed by atoms with E-state index in [1.165, 1.54) is 16.8 Å². The molecule has 106 valence electrons. The van der Waals surface area contributed by atoms with Gasteiger partial charge in [0.25, 0.3) is 10.0 Å². The van der Waals surface area contributed by atoms with Crippen LogP contribution < -0.4 is 0 Å². The maximum Gasteiger partial charge on any atom is 0.262 e. The van der Waals surface area contributed by atoms with Crippen LogP contribution in [0, 0.1) is 0 Å². The van der Waals surface area contributed by atoms with Crippen LogP contribution in [0.3, 0.4) is 0 Å². The molecule has 0 radical (unpaired) electrons. The van der Waals surface area contributed by atoms with Gasteiger partial charge in [0.2, 0.25) is 5.91 Å². The van der Waals surface area contributed by atoms with Gasteiger partial charge in [0.15, 0.2) is 5.03 Å². The molecule has 0 saturated carbocycles. The lowest BCUT2D eigenvalue weighted by atomic mass is 10.4. The Morgan fingerprint density at radius 1 is 1.37 bits per heavy atom. The molecule has 0 N–H and O–H groups in total. The highest BCUT2D eigenvalue weighted by Gasteiger charge is 2.31. The van der Waals surface area contributed by atoms with Crippen LogP contribution in [0.5, 0.6) is 0 Å². The second kappa shape index (κ2) is 5.30. The van der Waals surface area contributed by atoms with E-state index in [-0.39, 0.29) is 17.5 Å². The lowest BCUT2D eigenvalue weighted by Gasteiger charge is -2.19. The van der Waals surface area contributed by atoms with Gasteiger partial charge < -0.3 is 9.47 Å². The van der Waals surface area contributed by atoms with E-state index in [2.05, 4.69) is 4.98 Å². The maximum atomic E-state index is 12.4.